The summed E-state index contributed by atoms with van der Waals surface area (Å²) in [4.78, 5) is 16.9. The van der Waals surface area contributed by atoms with Crippen LogP contribution in [0.2, 0.25) is 0 Å². The molecule has 6 heteroatoms. The normalized spacial score (nSPS) is 26.9. The quantitative estimate of drug-likeness (QED) is 0.655. The summed E-state index contributed by atoms with van der Waals surface area (Å²) < 4.78 is 4.96. The second kappa shape index (κ2) is 8.08. The molecule has 2 saturated heterocycles. The van der Waals surface area contributed by atoms with Crippen LogP contribution in [0, 0.1) is 0 Å². The number of nitrogens with two attached hydrogens (primary N) is 1. The van der Waals surface area contributed by atoms with E-state index in [2.05, 4.69) is 15.1 Å². The molecule has 6 nitrogen and oxygen atoms in total. The van der Waals surface area contributed by atoms with Gasteiger partial charge in [0.2, 0.25) is 5.91 Å². The smallest absolute Gasteiger partial charge is 0.237 e. The highest BCUT2D eigenvalue weighted by Gasteiger charge is 2.33. The third-order valence-electron chi connectivity index (χ3n) is 4.82. The van der Waals surface area contributed by atoms with Crippen molar-refractivity contribution < 1.29 is 9.53 Å². The van der Waals surface area contributed by atoms with Crippen molar-refractivity contribution in [2.24, 2.45) is 5.73 Å². The SMILES string of the molecule is COCCNC(=O)C(C)N1CCC(N2CCC(N)CC2)C1. The Labute approximate surface area is 128 Å². The van der Waals surface area contributed by atoms with Gasteiger partial charge in [-0.2, -0.15) is 0 Å². The van der Waals surface area contributed by atoms with E-state index in [0.717, 1.165) is 45.4 Å². The van der Waals surface area contributed by atoms with Crippen LogP contribution in [0.15, 0.2) is 0 Å². The van der Waals surface area contributed by atoms with Crippen molar-refractivity contribution in [3.63, 3.8) is 0 Å². The molecule has 0 saturated carbocycles. The van der Waals surface area contributed by atoms with Crippen molar-refractivity contribution in [3.8, 4) is 0 Å². The van der Waals surface area contributed by atoms with Crippen LogP contribution < -0.4 is 11.1 Å². The summed E-state index contributed by atoms with van der Waals surface area (Å²) in [5, 5.41) is 2.92. The average molecular weight is 298 g/mol. The first kappa shape index (κ1) is 16.7. The van der Waals surface area contributed by atoms with Crippen molar-refractivity contribution in [1.82, 2.24) is 15.1 Å². The first-order chi connectivity index (χ1) is 10.1. The zero-order chi connectivity index (χ0) is 15.2. The Kier molecular flexibility index (Phi) is 6.41. The first-order valence-electron chi connectivity index (χ1n) is 8.12. The number of hydrogen-bond donors (Lipinski definition) is 2. The van der Waals surface area contributed by atoms with Gasteiger partial charge >= 0.3 is 0 Å². The summed E-state index contributed by atoms with van der Waals surface area (Å²) in [5.41, 5.74) is 5.97. The van der Waals surface area contributed by atoms with Crippen LogP contribution in [0.1, 0.15) is 26.2 Å². The van der Waals surface area contributed by atoms with E-state index in [1.807, 2.05) is 6.92 Å². The molecule has 2 rings (SSSR count). The molecule has 2 atom stereocenters. The van der Waals surface area contributed by atoms with Crippen LogP contribution >= 0.6 is 0 Å². The largest absolute Gasteiger partial charge is 0.383 e. The molecular weight excluding hydrogens is 268 g/mol. The van der Waals surface area contributed by atoms with E-state index in [9.17, 15) is 4.79 Å². The summed E-state index contributed by atoms with van der Waals surface area (Å²) in [6.07, 6.45) is 3.36. The molecule has 3 N–H and O–H groups in total. The lowest BCUT2D eigenvalue weighted by Crippen LogP contribution is -2.48. The van der Waals surface area contributed by atoms with Crippen LogP contribution in [0.4, 0.5) is 0 Å². The zero-order valence-corrected chi connectivity index (χ0v) is 13.4. The molecule has 0 aromatic carbocycles. The molecule has 0 aliphatic carbocycles. The zero-order valence-electron chi connectivity index (χ0n) is 13.4. The van der Waals surface area contributed by atoms with Crippen molar-refractivity contribution >= 4 is 5.91 Å². The van der Waals surface area contributed by atoms with Crippen molar-refractivity contribution in [2.75, 3.05) is 46.4 Å². The average Bonchev–Trinajstić information content (AvgIpc) is 2.97. The second-order valence-corrected chi connectivity index (χ2v) is 6.27. The predicted octanol–water partition coefficient (Wildman–Crippen LogP) is -0.365. The molecule has 0 bridgehead atoms. The Balaban J connectivity index is 1.74. The number of piperidine rings is 1. The van der Waals surface area contributed by atoms with Gasteiger partial charge in [0.05, 0.1) is 12.6 Å². The molecule has 21 heavy (non-hydrogen) atoms. The monoisotopic (exact) mass is 298 g/mol. The Bertz CT molecular complexity index is 332. The van der Waals surface area contributed by atoms with Crippen molar-refractivity contribution in [3.05, 3.63) is 0 Å². The molecule has 0 aromatic rings. The van der Waals surface area contributed by atoms with Gasteiger partial charge in [-0.1, -0.05) is 0 Å². The van der Waals surface area contributed by atoms with Crippen LogP contribution in [-0.4, -0.2) is 80.3 Å². The summed E-state index contributed by atoms with van der Waals surface area (Å²) >= 11 is 0. The van der Waals surface area contributed by atoms with Gasteiger partial charge in [-0.25, -0.2) is 0 Å². The van der Waals surface area contributed by atoms with E-state index in [0.29, 0.717) is 25.2 Å². The predicted molar refractivity (Wildman–Crippen MR) is 83.1 cm³/mol. The van der Waals surface area contributed by atoms with Gasteiger partial charge in [0, 0.05) is 38.8 Å². The van der Waals surface area contributed by atoms with E-state index < -0.39 is 0 Å². The minimum absolute atomic E-state index is 0.0566. The van der Waals surface area contributed by atoms with Crippen molar-refractivity contribution in [1.29, 1.82) is 0 Å². The molecule has 1 amide bonds. The van der Waals surface area contributed by atoms with E-state index in [1.165, 1.54) is 0 Å². The maximum absolute atomic E-state index is 12.1. The van der Waals surface area contributed by atoms with Gasteiger partial charge in [0.25, 0.3) is 0 Å². The van der Waals surface area contributed by atoms with Gasteiger partial charge in [0.1, 0.15) is 0 Å². The lowest BCUT2D eigenvalue weighted by Gasteiger charge is -2.35. The molecule has 2 aliphatic heterocycles. The topological polar surface area (TPSA) is 70.8 Å². The van der Waals surface area contributed by atoms with Gasteiger partial charge in [-0.3, -0.25) is 14.6 Å². The number of ether oxygens (including phenoxy) is 1. The number of carbonyl (C=O) groups excluding carboxylic acids is 1. The van der Waals surface area contributed by atoms with E-state index in [-0.39, 0.29) is 11.9 Å². The number of rotatable bonds is 6. The molecule has 2 unspecified atom stereocenters. The molecule has 122 valence electrons. The molecule has 0 radical (unpaired) electrons. The Morgan fingerprint density at radius 2 is 2.05 bits per heavy atom. The molecule has 0 spiro atoms. The van der Waals surface area contributed by atoms with E-state index in [4.69, 9.17) is 10.5 Å². The third kappa shape index (κ3) is 4.64. The summed E-state index contributed by atoms with van der Waals surface area (Å²) in [5.74, 6) is 0.105. The lowest BCUT2D eigenvalue weighted by molar-refractivity contribution is -0.125. The minimum Gasteiger partial charge on any atom is -0.383 e. The van der Waals surface area contributed by atoms with Crippen LogP contribution in [0.25, 0.3) is 0 Å². The van der Waals surface area contributed by atoms with Crippen LogP contribution in [-0.2, 0) is 9.53 Å². The first-order valence-corrected chi connectivity index (χ1v) is 8.12. The summed E-state index contributed by atoms with van der Waals surface area (Å²) in [6.45, 7) is 7.36. The highest BCUT2D eigenvalue weighted by atomic mass is 16.5. The molecule has 2 aliphatic rings. The fourth-order valence-electron chi connectivity index (χ4n) is 3.29. The highest BCUT2D eigenvalue weighted by Crippen LogP contribution is 2.21. The molecule has 0 aromatic heterocycles. The van der Waals surface area contributed by atoms with Crippen LogP contribution in [0.3, 0.4) is 0 Å². The highest BCUT2D eigenvalue weighted by molar-refractivity contribution is 5.81. The van der Waals surface area contributed by atoms with Crippen LogP contribution in [0.5, 0.6) is 0 Å². The third-order valence-corrected chi connectivity index (χ3v) is 4.82. The van der Waals surface area contributed by atoms with Gasteiger partial charge in [-0.15, -0.1) is 0 Å². The number of amides is 1. The fourth-order valence-corrected chi connectivity index (χ4v) is 3.29. The molecule has 2 heterocycles. The van der Waals surface area contributed by atoms with Gasteiger partial charge in [-0.05, 0) is 39.3 Å². The Morgan fingerprint density at radius 1 is 1.33 bits per heavy atom. The van der Waals surface area contributed by atoms with Crippen molar-refractivity contribution in [2.45, 2.75) is 44.3 Å². The van der Waals surface area contributed by atoms with Gasteiger partial charge < -0.3 is 15.8 Å². The fraction of sp³-hybridized carbons (Fsp3) is 0.933. The number of nitrogens with one attached hydrogen (secondary N) is 1. The number of hydrogen-bond acceptors (Lipinski definition) is 5. The second-order valence-electron chi connectivity index (χ2n) is 6.27. The van der Waals surface area contributed by atoms with E-state index in [1.54, 1.807) is 7.11 Å². The summed E-state index contributed by atoms with van der Waals surface area (Å²) in [7, 11) is 1.64. The molecule has 2 fully saturated rings. The van der Waals surface area contributed by atoms with Gasteiger partial charge in [0.15, 0.2) is 0 Å². The number of likely N-dealkylation sites (tertiary alicyclic amines) is 2. The number of nitrogens with zero attached hydrogens (tertiary/aromatic N) is 2. The van der Waals surface area contributed by atoms with E-state index >= 15 is 0 Å². The number of carbonyl (C=O) groups is 1. The molecular formula is C15H30N4O2. The maximum Gasteiger partial charge on any atom is 0.237 e. The standard InChI is InChI=1S/C15H30N4O2/c1-12(15(20)17-6-10-21-2)19-9-5-14(11-19)18-7-3-13(16)4-8-18/h12-14H,3-11,16H2,1-2H3,(H,17,20). The maximum atomic E-state index is 12.1. The minimum atomic E-state index is -0.0566. The number of methoxy groups -OCH3 is 1. The Hall–Kier alpha value is -0.690. The summed E-state index contributed by atoms with van der Waals surface area (Å²) in [6, 6.07) is 0.912. The Morgan fingerprint density at radius 3 is 2.71 bits per heavy atom. The lowest BCUT2D eigenvalue weighted by atomic mass is 10.0.